The molecule has 0 saturated heterocycles. The van der Waals surface area contributed by atoms with Crippen molar-refractivity contribution in [3.8, 4) is 0 Å². The standard InChI is InChI=1S/C16H20N4O/c1-19(11-12-20-10-4-9-17-20)15-8-7-13-5-2-3-6-14(13)18-16(15)21/h2-6,9-10,15H,7-8,11-12H2,1H3,(H,18,21)/t15-/m1/s1. The molecule has 1 aliphatic rings. The third-order valence-electron chi connectivity index (χ3n) is 4.04. The number of aryl methyl sites for hydroxylation is 1. The zero-order valence-electron chi connectivity index (χ0n) is 12.2. The van der Waals surface area contributed by atoms with Crippen LogP contribution in [0.5, 0.6) is 0 Å². The fourth-order valence-electron chi connectivity index (χ4n) is 2.77. The van der Waals surface area contributed by atoms with Crippen LogP contribution in [0.4, 0.5) is 5.69 Å². The second-order valence-corrected chi connectivity index (χ2v) is 5.45. The lowest BCUT2D eigenvalue weighted by Crippen LogP contribution is -2.42. The van der Waals surface area contributed by atoms with Gasteiger partial charge in [-0.05, 0) is 37.6 Å². The van der Waals surface area contributed by atoms with Crippen LogP contribution in [0.2, 0.25) is 0 Å². The molecule has 1 aliphatic heterocycles. The van der Waals surface area contributed by atoms with Crippen molar-refractivity contribution in [1.29, 1.82) is 0 Å². The van der Waals surface area contributed by atoms with Crippen molar-refractivity contribution < 1.29 is 4.79 Å². The summed E-state index contributed by atoms with van der Waals surface area (Å²) in [5.41, 5.74) is 2.17. The molecule has 3 rings (SSSR count). The first kappa shape index (κ1) is 13.8. The summed E-state index contributed by atoms with van der Waals surface area (Å²) in [6.45, 7) is 1.59. The Morgan fingerprint density at radius 2 is 2.24 bits per heavy atom. The molecule has 0 saturated carbocycles. The van der Waals surface area contributed by atoms with Gasteiger partial charge in [0.1, 0.15) is 0 Å². The molecule has 1 aromatic heterocycles. The number of hydrogen-bond donors (Lipinski definition) is 1. The van der Waals surface area contributed by atoms with Crippen molar-refractivity contribution in [2.45, 2.75) is 25.4 Å². The van der Waals surface area contributed by atoms with Gasteiger partial charge in [-0.1, -0.05) is 18.2 Å². The molecule has 1 aromatic carbocycles. The Morgan fingerprint density at radius 3 is 3.05 bits per heavy atom. The minimum absolute atomic E-state index is 0.0860. The van der Waals surface area contributed by atoms with E-state index in [9.17, 15) is 4.79 Å². The highest BCUT2D eigenvalue weighted by Crippen LogP contribution is 2.23. The van der Waals surface area contributed by atoms with Crippen LogP contribution >= 0.6 is 0 Å². The summed E-state index contributed by atoms with van der Waals surface area (Å²) in [7, 11) is 2.00. The van der Waals surface area contributed by atoms with Gasteiger partial charge in [-0.25, -0.2) is 0 Å². The van der Waals surface area contributed by atoms with Crippen LogP contribution in [0.1, 0.15) is 12.0 Å². The van der Waals surface area contributed by atoms with Gasteiger partial charge in [0.2, 0.25) is 5.91 Å². The van der Waals surface area contributed by atoms with Crippen LogP contribution in [0, 0.1) is 0 Å². The van der Waals surface area contributed by atoms with Gasteiger partial charge in [0.15, 0.2) is 0 Å². The van der Waals surface area contributed by atoms with E-state index >= 15 is 0 Å². The van der Waals surface area contributed by atoms with Gasteiger partial charge < -0.3 is 5.32 Å². The number of nitrogens with one attached hydrogen (secondary N) is 1. The van der Waals surface area contributed by atoms with Gasteiger partial charge in [-0.3, -0.25) is 14.4 Å². The van der Waals surface area contributed by atoms with Crippen molar-refractivity contribution in [1.82, 2.24) is 14.7 Å². The maximum absolute atomic E-state index is 12.4. The minimum Gasteiger partial charge on any atom is -0.324 e. The first-order valence-electron chi connectivity index (χ1n) is 7.30. The number of benzene rings is 1. The Balaban J connectivity index is 1.64. The molecule has 0 bridgehead atoms. The number of rotatable bonds is 4. The fourth-order valence-corrected chi connectivity index (χ4v) is 2.77. The normalized spacial score (nSPS) is 18.2. The molecule has 1 amide bonds. The van der Waals surface area contributed by atoms with Gasteiger partial charge in [-0.15, -0.1) is 0 Å². The van der Waals surface area contributed by atoms with Crippen LogP contribution in [-0.4, -0.2) is 40.2 Å². The van der Waals surface area contributed by atoms with Gasteiger partial charge in [0.25, 0.3) is 0 Å². The number of likely N-dealkylation sites (N-methyl/N-ethyl adjacent to an activating group) is 1. The number of carbonyl (C=O) groups is 1. The van der Waals surface area contributed by atoms with E-state index in [-0.39, 0.29) is 11.9 Å². The molecule has 0 aliphatic carbocycles. The molecule has 110 valence electrons. The highest BCUT2D eigenvalue weighted by atomic mass is 16.2. The predicted molar refractivity (Wildman–Crippen MR) is 82.0 cm³/mol. The highest BCUT2D eigenvalue weighted by molar-refractivity contribution is 5.96. The number of nitrogens with zero attached hydrogens (tertiary/aromatic N) is 3. The molecule has 5 heteroatoms. The summed E-state index contributed by atoms with van der Waals surface area (Å²) in [5, 5.41) is 7.24. The fraction of sp³-hybridized carbons (Fsp3) is 0.375. The van der Waals surface area contributed by atoms with E-state index < -0.39 is 0 Å². The maximum atomic E-state index is 12.4. The van der Waals surface area contributed by atoms with Crippen LogP contribution in [0.15, 0.2) is 42.7 Å². The number of hydrogen-bond acceptors (Lipinski definition) is 3. The van der Waals surface area contributed by atoms with Crippen molar-refractivity contribution in [2.24, 2.45) is 0 Å². The molecular weight excluding hydrogens is 264 g/mol. The number of aromatic nitrogens is 2. The van der Waals surface area contributed by atoms with E-state index in [0.717, 1.165) is 31.6 Å². The number of fused-ring (bicyclic) bond motifs is 1. The third kappa shape index (κ3) is 3.13. The van der Waals surface area contributed by atoms with Gasteiger partial charge in [0.05, 0.1) is 12.6 Å². The summed E-state index contributed by atoms with van der Waals surface area (Å²) in [4.78, 5) is 14.5. The molecule has 2 heterocycles. The average molecular weight is 284 g/mol. The van der Waals surface area contributed by atoms with E-state index in [1.165, 1.54) is 5.56 Å². The molecule has 0 unspecified atom stereocenters. The average Bonchev–Trinajstić information content (AvgIpc) is 2.94. The zero-order chi connectivity index (χ0) is 14.7. The second-order valence-electron chi connectivity index (χ2n) is 5.45. The highest BCUT2D eigenvalue weighted by Gasteiger charge is 2.26. The number of anilines is 1. The lowest BCUT2D eigenvalue weighted by Gasteiger charge is -2.25. The Morgan fingerprint density at radius 1 is 1.38 bits per heavy atom. The van der Waals surface area contributed by atoms with Crippen molar-refractivity contribution in [2.75, 3.05) is 18.9 Å². The Kier molecular flexibility index (Phi) is 4.01. The summed E-state index contributed by atoms with van der Waals surface area (Å²) in [6.07, 6.45) is 5.48. The van der Waals surface area contributed by atoms with E-state index in [4.69, 9.17) is 0 Å². The van der Waals surface area contributed by atoms with Crippen LogP contribution < -0.4 is 5.32 Å². The van der Waals surface area contributed by atoms with E-state index in [2.05, 4.69) is 21.4 Å². The van der Waals surface area contributed by atoms with Crippen molar-refractivity contribution >= 4 is 11.6 Å². The van der Waals surface area contributed by atoms with E-state index in [1.807, 2.05) is 42.2 Å². The van der Waals surface area contributed by atoms with E-state index in [1.54, 1.807) is 6.20 Å². The molecule has 0 spiro atoms. The summed E-state index contributed by atoms with van der Waals surface area (Å²) >= 11 is 0. The Bertz CT molecular complexity index is 608. The van der Waals surface area contributed by atoms with Crippen molar-refractivity contribution in [3.05, 3.63) is 48.3 Å². The van der Waals surface area contributed by atoms with Gasteiger partial charge in [0, 0.05) is 24.6 Å². The predicted octanol–water partition coefficient (Wildman–Crippen LogP) is 1.77. The molecule has 1 atom stereocenters. The number of amides is 1. The summed E-state index contributed by atoms with van der Waals surface area (Å²) < 4.78 is 1.89. The number of carbonyl (C=O) groups excluding carboxylic acids is 1. The Hall–Kier alpha value is -2.14. The first-order chi connectivity index (χ1) is 10.2. The first-order valence-corrected chi connectivity index (χ1v) is 7.30. The van der Waals surface area contributed by atoms with Crippen LogP contribution in [-0.2, 0) is 17.8 Å². The smallest absolute Gasteiger partial charge is 0.241 e. The lowest BCUT2D eigenvalue weighted by molar-refractivity contribution is -0.121. The number of para-hydroxylation sites is 1. The van der Waals surface area contributed by atoms with Gasteiger partial charge >= 0.3 is 0 Å². The van der Waals surface area contributed by atoms with Crippen LogP contribution in [0.3, 0.4) is 0 Å². The largest absolute Gasteiger partial charge is 0.324 e. The molecule has 5 nitrogen and oxygen atoms in total. The Labute approximate surface area is 124 Å². The lowest BCUT2D eigenvalue weighted by atomic mass is 10.1. The quantitative estimate of drug-likeness (QED) is 0.931. The maximum Gasteiger partial charge on any atom is 0.241 e. The molecule has 0 fully saturated rings. The summed E-state index contributed by atoms with van der Waals surface area (Å²) in [6, 6.07) is 9.86. The minimum atomic E-state index is -0.0898. The SMILES string of the molecule is CN(CCn1cccn1)[C@@H]1CCc2ccccc2NC1=O. The second kappa shape index (κ2) is 6.10. The van der Waals surface area contributed by atoms with Gasteiger partial charge in [-0.2, -0.15) is 5.10 Å². The molecule has 0 radical (unpaired) electrons. The van der Waals surface area contributed by atoms with Crippen molar-refractivity contribution in [3.63, 3.8) is 0 Å². The molecule has 21 heavy (non-hydrogen) atoms. The molecule has 1 N–H and O–H groups in total. The molecular formula is C16H20N4O. The third-order valence-corrected chi connectivity index (χ3v) is 4.04. The summed E-state index contributed by atoms with van der Waals surface area (Å²) in [5.74, 6) is 0.0860. The van der Waals surface area contributed by atoms with Crippen LogP contribution in [0.25, 0.3) is 0 Å². The molecule has 2 aromatic rings. The van der Waals surface area contributed by atoms with E-state index in [0.29, 0.717) is 0 Å². The zero-order valence-corrected chi connectivity index (χ0v) is 12.2. The topological polar surface area (TPSA) is 50.2 Å². The monoisotopic (exact) mass is 284 g/mol.